The fraction of sp³-hybridized carbons (Fsp3) is 0.444. The first kappa shape index (κ1) is 10.4. The summed E-state index contributed by atoms with van der Waals surface area (Å²) in [5, 5.41) is 20.6. The molecule has 0 N–H and O–H groups in total. The van der Waals surface area contributed by atoms with E-state index in [0.29, 0.717) is 24.8 Å². The van der Waals surface area contributed by atoms with Crippen molar-refractivity contribution >= 4 is 5.97 Å². The van der Waals surface area contributed by atoms with Crippen LogP contribution in [-0.4, -0.2) is 16.9 Å². The molecule has 1 aliphatic carbocycles. The van der Waals surface area contributed by atoms with Crippen molar-refractivity contribution in [2.75, 3.05) is 0 Å². The summed E-state index contributed by atoms with van der Waals surface area (Å²) in [6.07, 6.45) is 5.53. The summed E-state index contributed by atoms with van der Waals surface area (Å²) < 4.78 is 0. The van der Waals surface area contributed by atoms with Crippen molar-refractivity contribution in [1.82, 2.24) is 0 Å². The molecule has 1 unspecified atom stereocenters. The maximum absolute atomic E-state index is 10.5. The summed E-state index contributed by atoms with van der Waals surface area (Å²) in [5.41, 5.74) is 0.696. The van der Waals surface area contributed by atoms with Crippen molar-refractivity contribution in [3.63, 3.8) is 0 Å². The fourth-order valence-electron chi connectivity index (χ4n) is 1.41. The molecule has 5 heteroatoms. The summed E-state index contributed by atoms with van der Waals surface area (Å²) in [7, 11) is 0. The van der Waals surface area contributed by atoms with E-state index >= 15 is 0 Å². The summed E-state index contributed by atoms with van der Waals surface area (Å²) in [5.74, 6) is -1.28. The molecule has 1 atom stereocenters. The van der Waals surface area contributed by atoms with Crippen LogP contribution in [-0.2, 0) is 4.79 Å². The molecule has 14 heavy (non-hydrogen) atoms. The Balaban J connectivity index is 2.59. The minimum absolute atomic E-state index is 0.302. The Morgan fingerprint density at radius 3 is 2.93 bits per heavy atom. The maximum atomic E-state index is 10.5. The standard InChI is InChI=1S/C9H11NO4/c11-9(12)5-4-7-2-1-3-8(6-7)10(13)14/h2,4-5,8H,1,3,6H2,(H,11,12)/p-1/b5-4+. The number of hydrogen-bond donors (Lipinski definition) is 0. The lowest BCUT2D eigenvalue weighted by Gasteiger charge is -2.14. The van der Waals surface area contributed by atoms with Crippen molar-refractivity contribution in [3.8, 4) is 0 Å². The second kappa shape index (κ2) is 4.55. The Morgan fingerprint density at radius 1 is 1.64 bits per heavy atom. The van der Waals surface area contributed by atoms with Gasteiger partial charge >= 0.3 is 0 Å². The van der Waals surface area contributed by atoms with E-state index in [-0.39, 0.29) is 4.92 Å². The van der Waals surface area contributed by atoms with Crippen LogP contribution in [0.5, 0.6) is 0 Å². The van der Waals surface area contributed by atoms with Crippen LogP contribution < -0.4 is 5.11 Å². The van der Waals surface area contributed by atoms with E-state index in [2.05, 4.69) is 0 Å². The molecule has 0 radical (unpaired) electrons. The molecular formula is C9H10NO4-. The van der Waals surface area contributed by atoms with Crippen LogP contribution in [0.3, 0.4) is 0 Å². The highest BCUT2D eigenvalue weighted by Crippen LogP contribution is 2.20. The normalized spacial score (nSPS) is 22.0. The van der Waals surface area contributed by atoms with Gasteiger partial charge in [-0.1, -0.05) is 12.2 Å². The predicted octanol–water partition coefficient (Wildman–Crippen LogP) is 0.0481. The third-order valence-electron chi connectivity index (χ3n) is 2.11. The predicted molar refractivity (Wildman–Crippen MR) is 46.9 cm³/mol. The van der Waals surface area contributed by atoms with Gasteiger partial charge in [0, 0.05) is 17.8 Å². The van der Waals surface area contributed by atoms with Gasteiger partial charge in [0.05, 0.1) is 5.97 Å². The number of nitro groups is 1. The Bertz CT molecular complexity index is 306. The Labute approximate surface area is 80.9 Å². The smallest absolute Gasteiger partial charge is 0.217 e. The van der Waals surface area contributed by atoms with Crippen LogP contribution in [0.2, 0.25) is 0 Å². The molecule has 0 aliphatic heterocycles. The Kier molecular flexibility index (Phi) is 3.39. The van der Waals surface area contributed by atoms with Gasteiger partial charge in [-0.25, -0.2) is 0 Å². The lowest BCUT2D eigenvalue weighted by atomic mass is 9.95. The molecule has 0 heterocycles. The van der Waals surface area contributed by atoms with Gasteiger partial charge in [-0.05, 0) is 18.1 Å². The van der Waals surface area contributed by atoms with Gasteiger partial charge in [-0.3, -0.25) is 10.1 Å². The quantitative estimate of drug-likeness (QED) is 0.362. The first-order valence-electron chi connectivity index (χ1n) is 4.31. The van der Waals surface area contributed by atoms with Crippen LogP contribution in [0.25, 0.3) is 0 Å². The molecule has 5 nitrogen and oxygen atoms in total. The average Bonchev–Trinajstić information content (AvgIpc) is 2.15. The lowest BCUT2D eigenvalue weighted by Crippen LogP contribution is -2.22. The summed E-state index contributed by atoms with van der Waals surface area (Å²) in [6.45, 7) is 0. The van der Waals surface area contributed by atoms with E-state index < -0.39 is 12.0 Å². The van der Waals surface area contributed by atoms with Crippen LogP contribution in [0.1, 0.15) is 19.3 Å². The van der Waals surface area contributed by atoms with Gasteiger partial charge in [0.2, 0.25) is 6.04 Å². The monoisotopic (exact) mass is 196 g/mol. The molecule has 1 rings (SSSR count). The Hall–Kier alpha value is -1.65. The van der Waals surface area contributed by atoms with Crippen molar-refractivity contribution in [2.24, 2.45) is 0 Å². The molecule has 0 amide bonds. The first-order valence-corrected chi connectivity index (χ1v) is 4.31. The van der Waals surface area contributed by atoms with Crippen molar-refractivity contribution in [3.05, 3.63) is 33.9 Å². The zero-order chi connectivity index (χ0) is 10.6. The van der Waals surface area contributed by atoms with Crippen LogP contribution in [0.4, 0.5) is 0 Å². The number of carbonyl (C=O) groups is 1. The van der Waals surface area contributed by atoms with Crippen molar-refractivity contribution < 1.29 is 14.8 Å². The number of aliphatic carboxylic acids is 1. The fourth-order valence-corrected chi connectivity index (χ4v) is 1.41. The average molecular weight is 196 g/mol. The molecule has 0 saturated heterocycles. The number of allylic oxidation sites excluding steroid dienone is 2. The van der Waals surface area contributed by atoms with Crippen LogP contribution in [0.15, 0.2) is 23.8 Å². The van der Waals surface area contributed by atoms with Crippen LogP contribution in [0, 0.1) is 10.1 Å². The van der Waals surface area contributed by atoms with Gasteiger partial charge in [-0.2, -0.15) is 0 Å². The molecule has 76 valence electrons. The second-order valence-electron chi connectivity index (χ2n) is 3.15. The molecular weight excluding hydrogens is 186 g/mol. The van der Waals surface area contributed by atoms with Gasteiger partial charge < -0.3 is 9.90 Å². The number of hydrogen-bond acceptors (Lipinski definition) is 4. The van der Waals surface area contributed by atoms with E-state index in [9.17, 15) is 20.0 Å². The minimum atomic E-state index is -1.28. The number of carboxylic acids is 1. The number of nitrogens with zero attached hydrogens (tertiary/aromatic N) is 1. The summed E-state index contributed by atoms with van der Waals surface area (Å²) in [4.78, 5) is 20.2. The molecule has 0 spiro atoms. The van der Waals surface area contributed by atoms with Crippen LogP contribution >= 0.6 is 0 Å². The third kappa shape index (κ3) is 3.01. The van der Waals surface area contributed by atoms with E-state index in [1.807, 2.05) is 6.08 Å². The lowest BCUT2D eigenvalue weighted by molar-refractivity contribution is -0.523. The number of carbonyl (C=O) groups excluding carboxylic acids is 1. The summed E-state index contributed by atoms with van der Waals surface area (Å²) in [6, 6.07) is -0.582. The van der Waals surface area contributed by atoms with E-state index in [4.69, 9.17) is 0 Å². The highest BCUT2D eigenvalue weighted by Gasteiger charge is 2.23. The summed E-state index contributed by atoms with van der Waals surface area (Å²) >= 11 is 0. The number of carboxylic acid groups (broad SMARTS) is 1. The van der Waals surface area contributed by atoms with Gasteiger partial charge in [0.1, 0.15) is 0 Å². The zero-order valence-electron chi connectivity index (χ0n) is 7.51. The molecule has 0 aromatic rings. The largest absolute Gasteiger partial charge is 0.545 e. The molecule has 1 aliphatic rings. The van der Waals surface area contributed by atoms with E-state index in [1.54, 1.807) is 0 Å². The SMILES string of the molecule is O=C([O-])/C=C/C1=CCCC([N+](=O)[O-])C1. The third-order valence-corrected chi connectivity index (χ3v) is 2.11. The zero-order valence-corrected chi connectivity index (χ0v) is 7.51. The maximum Gasteiger partial charge on any atom is 0.217 e. The van der Waals surface area contributed by atoms with E-state index in [1.165, 1.54) is 6.08 Å². The number of rotatable bonds is 3. The second-order valence-corrected chi connectivity index (χ2v) is 3.15. The van der Waals surface area contributed by atoms with Gasteiger partial charge in [0.15, 0.2) is 0 Å². The molecule has 0 bridgehead atoms. The minimum Gasteiger partial charge on any atom is -0.545 e. The molecule has 0 saturated carbocycles. The highest BCUT2D eigenvalue weighted by atomic mass is 16.6. The van der Waals surface area contributed by atoms with Gasteiger partial charge in [0.25, 0.3) is 0 Å². The highest BCUT2D eigenvalue weighted by molar-refractivity contribution is 5.78. The topological polar surface area (TPSA) is 83.3 Å². The van der Waals surface area contributed by atoms with Gasteiger partial charge in [-0.15, -0.1) is 0 Å². The molecule has 0 aromatic heterocycles. The Morgan fingerprint density at radius 2 is 2.36 bits per heavy atom. The molecule has 0 fully saturated rings. The van der Waals surface area contributed by atoms with Crippen molar-refractivity contribution in [2.45, 2.75) is 25.3 Å². The first-order chi connectivity index (χ1) is 6.59. The molecule has 0 aromatic carbocycles. The van der Waals surface area contributed by atoms with E-state index in [0.717, 1.165) is 6.08 Å². The van der Waals surface area contributed by atoms with Crippen molar-refractivity contribution in [1.29, 1.82) is 0 Å².